The van der Waals surface area contributed by atoms with E-state index in [-0.39, 0.29) is 18.3 Å². The van der Waals surface area contributed by atoms with Gasteiger partial charge in [-0.05, 0) is 12.0 Å². The van der Waals surface area contributed by atoms with Crippen molar-refractivity contribution in [1.82, 2.24) is 4.90 Å². The van der Waals surface area contributed by atoms with E-state index in [1.807, 2.05) is 30.3 Å². The van der Waals surface area contributed by atoms with Crippen LogP contribution in [0.3, 0.4) is 0 Å². The van der Waals surface area contributed by atoms with Crippen LogP contribution in [-0.4, -0.2) is 36.3 Å². The predicted octanol–water partition coefficient (Wildman–Crippen LogP) is 1.80. The first-order valence-electron chi connectivity index (χ1n) is 5.94. The fraction of sp³-hybridized carbons (Fsp3) is 0.462. The van der Waals surface area contributed by atoms with Crippen molar-refractivity contribution in [3.8, 4) is 0 Å². The summed E-state index contributed by atoms with van der Waals surface area (Å²) in [6.07, 6.45) is 0.627. The topological polar surface area (TPSA) is 38.8 Å². The van der Waals surface area contributed by atoms with E-state index in [4.69, 9.17) is 9.47 Å². The number of hydrogen-bond donors (Lipinski definition) is 0. The van der Waals surface area contributed by atoms with Crippen LogP contribution in [0, 0.1) is 0 Å². The fourth-order valence-corrected chi connectivity index (χ4v) is 2.35. The molecule has 0 unspecified atom stereocenters. The normalized spacial score (nSPS) is 27.1. The molecule has 0 spiro atoms. The lowest BCUT2D eigenvalue weighted by Gasteiger charge is -2.27. The molecule has 0 radical (unpaired) electrons. The number of nitrogens with zero attached hydrogens (tertiary/aromatic N) is 1. The van der Waals surface area contributed by atoms with Crippen molar-refractivity contribution < 1.29 is 14.3 Å². The number of hydrogen-bond acceptors (Lipinski definition) is 3. The Morgan fingerprint density at radius 3 is 3.00 bits per heavy atom. The lowest BCUT2D eigenvalue weighted by atomic mass is 10.1. The van der Waals surface area contributed by atoms with E-state index < -0.39 is 0 Å². The molecule has 1 aromatic carbocycles. The maximum absolute atomic E-state index is 11.3. The molecule has 0 N–H and O–H groups in total. The van der Waals surface area contributed by atoms with Crippen molar-refractivity contribution in [3.63, 3.8) is 0 Å². The smallest absolute Gasteiger partial charge is 0.410 e. The minimum absolute atomic E-state index is 0.0397. The molecular formula is C13H15NO3. The molecular weight excluding hydrogens is 218 g/mol. The Bertz CT molecular complexity index is 406. The first-order valence-corrected chi connectivity index (χ1v) is 5.94. The average Bonchev–Trinajstić information content (AvgIpc) is 2.66. The van der Waals surface area contributed by atoms with Gasteiger partial charge in [0, 0.05) is 6.54 Å². The van der Waals surface area contributed by atoms with Crippen LogP contribution in [-0.2, 0) is 16.1 Å². The Hall–Kier alpha value is -1.55. The lowest BCUT2D eigenvalue weighted by Crippen LogP contribution is -2.40. The van der Waals surface area contributed by atoms with Crippen molar-refractivity contribution >= 4 is 6.09 Å². The Balaban J connectivity index is 1.58. The van der Waals surface area contributed by atoms with E-state index in [0.29, 0.717) is 13.2 Å². The van der Waals surface area contributed by atoms with Crippen molar-refractivity contribution in [2.24, 2.45) is 0 Å². The van der Waals surface area contributed by atoms with E-state index in [9.17, 15) is 4.79 Å². The second-order valence-corrected chi connectivity index (χ2v) is 4.49. The molecule has 2 atom stereocenters. The molecule has 90 valence electrons. The van der Waals surface area contributed by atoms with Crippen LogP contribution < -0.4 is 0 Å². The third-order valence-corrected chi connectivity index (χ3v) is 3.32. The van der Waals surface area contributed by atoms with Crippen LogP contribution in [0.4, 0.5) is 4.79 Å². The minimum Gasteiger partial charge on any atom is -0.441 e. The molecule has 2 heterocycles. The summed E-state index contributed by atoms with van der Waals surface area (Å²) in [6, 6.07) is 10.1. The predicted molar refractivity (Wildman–Crippen MR) is 61.5 cm³/mol. The van der Waals surface area contributed by atoms with E-state index >= 15 is 0 Å². The summed E-state index contributed by atoms with van der Waals surface area (Å²) >= 11 is 0. The van der Waals surface area contributed by atoms with Crippen LogP contribution >= 0.6 is 0 Å². The summed E-state index contributed by atoms with van der Waals surface area (Å²) in [5.41, 5.74) is 1.15. The Labute approximate surface area is 100 Å². The molecule has 4 heteroatoms. The van der Waals surface area contributed by atoms with Gasteiger partial charge in [0.2, 0.25) is 0 Å². The second kappa shape index (κ2) is 4.37. The van der Waals surface area contributed by atoms with Gasteiger partial charge in [0.25, 0.3) is 0 Å². The number of ether oxygens (including phenoxy) is 2. The highest BCUT2D eigenvalue weighted by Crippen LogP contribution is 2.25. The Morgan fingerprint density at radius 1 is 1.35 bits per heavy atom. The molecule has 0 aliphatic carbocycles. The van der Waals surface area contributed by atoms with Crippen LogP contribution in [0.1, 0.15) is 12.0 Å². The van der Waals surface area contributed by atoms with Gasteiger partial charge in [-0.25, -0.2) is 4.79 Å². The lowest BCUT2D eigenvalue weighted by molar-refractivity contribution is -0.0438. The standard InChI is InChI=1S/C13H15NO3/c15-13-14-7-6-11(12(8-14)17-13)16-9-10-4-2-1-3-5-10/h1-5,11-12H,6-9H2/t11-,12-/m1/s1. The number of fused-ring (bicyclic) bond motifs is 2. The monoisotopic (exact) mass is 233 g/mol. The van der Waals surface area contributed by atoms with Gasteiger partial charge in [-0.1, -0.05) is 30.3 Å². The third-order valence-electron chi connectivity index (χ3n) is 3.32. The first kappa shape index (κ1) is 10.6. The molecule has 0 saturated carbocycles. The molecule has 2 aliphatic heterocycles. The number of carbonyl (C=O) groups excluding carboxylic acids is 1. The highest BCUT2D eigenvalue weighted by molar-refractivity contribution is 5.70. The summed E-state index contributed by atoms with van der Waals surface area (Å²) < 4.78 is 11.1. The summed E-state index contributed by atoms with van der Waals surface area (Å²) in [4.78, 5) is 13.1. The van der Waals surface area contributed by atoms with Gasteiger partial charge in [-0.3, -0.25) is 0 Å². The van der Waals surface area contributed by atoms with Crippen LogP contribution in [0.15, 0.2) is 30.3 Å². The van der Waals surface area contributed by atoms with Gasteiger partial charge >= 0.3 is 6.09 Å². The molecule has 1 aromatic rings. The van der Waals surface area contributed by atoms with Crippen molar-refractivity contribution in [2.45, 2.75) is 25.2 Å². The number of piperidine rings is 1. The quantitative estimate of drug-likeness (QED) is 0.799. The molecule has 4 nitrogen and oxygen atoms in total. The number of rotatable bonds is 3. The second-order valence-electron chi connectivity index (χ2n) is 4.49. The zero-order valence-corrected chi connectivity index (χ0v) is 9.54. The molecule has 2 saturated heterocycles. The third kappa shape index (κ3) is 2.13. The molecule has 3 rings (SSSR count). The van der Waals surface area contributed by atoms with Crippen molar-refractivity contribution in [2.75, 3.05) is 13.1 Å². The Kier molecular flexibility index (Phi) is 2.73. The number of amides is 1. The van der Waals surface area contributed by atoms with E-state index in [1.165, 1.54) is 0 Å². The molecule has 0 aromatic heterocycles. The van der Waals surface area contributed by atoms with E-state index in [1.54, 1.807) is 4.90 Å². The summed E-state index contributed by atoms with van der Waals surface area (Å²) in [5.74, 6) is 0. The molecule has 1 amide bonds. The molecule has 2 bridgehead atoms. The van der Waals surface area contributed by atoms with Crippen LogP contribution in [0.5, 0.6) is 0 Å². The molecule has 17 heavy (non-hydrogen) atoms. The van der Waals surface area contributed by atoms with E-state index in [2.05, 4.69) is 0 Å². The zero-order valence-electron chi connectivity index (χ0n) is 9.54. The van der Waals surface area contributed by atoms with Gasteiger partial charge in [0.05, 0.1) is 19.3 Å². The van der Waals surface area contributed by atoms with Crippen LogP contribution in [0.2, 0.25) is 0 Å². The van der Waals surface area contributed by atoms with Gasteiger partial charge in [-0.15, -0.1) is 0 Å². The van der Waals surface area contributed by atoms with Crippen molar-refractivity contribution in [3.05, 3.63) is 35.9 Å². The highest BCUT2D eigenvalue weighted by atomic mass is 16.6. The van der Waals surface area contributed by atoms with Gasteiger partial charge in [-0.2, -0.15) is 0 Å². The zero-order chi connectivity index (χ0) is 11.7. The molecule has 2 aliphatic rings. The average molecular weight is 233 g/mol. The minimum atomic E-state index is -0.194. The highest BCUT2D eigenvalue weighted by Gasteiger charge is 2.41. The number of carbonyl (C=O) groups is 1. The first-order chi connectivity index (χ1) is 8.33. The summed E-state index contributed by atoms with van der Waals surface area (Å²) in [7, 11) is 0. The summed E-state index contributed by atoms with van der Waals surface area (Å²) in [6.45, 7) is 2.01. The van der Waals surface area contributed by atoms with Crippen LogP contribution in [0.25, 0.3) is 0 Å². The largest absolute Gasteiger partial charge is 0.441 e. The van der Waals surface area contributed by atoms with E-state index in [0.717, 1.165) is 18.5 Å². The summed E-state index contributed by atoms with van der Waals surface area (Å²) in [5, 5.41) is 0. The van der Waals surface area contributed by atoms with Crippen molar-refractivity contribution in [1.29, 1.82) is 0 Å². The van der Waals surface area contributed by atoms with Gasteiger partial charge < -0.3 is 14.4 Å². The fourth-order valence-electron chi connectivity index (χ4n) is 2.35. The maximum Gasteiger partial charge on any atom is 0.410 e. The van der Waals surface area contributed by atoms with Gasteiger partial charge in [0.1, 0.15) is 6.10 Å². The van der Waals surface area contributed by atoms with Gasteiger partial charge in [0.15, 0.2) is 0 Å². The maximum atomic E-state index is 11.3. The Morgan fingerprint density at radius 2 is 2.18 bits per heavy atom. The SMILES string of the molecule is O=C1O[C@@H]2CN1CC[C@H]2OCc1ccccc1. The molecule has 2 fully saturated rings. The number of benzene rings is 1.